The molecule has 0 aromatic heterocycles. The Morgan fingerprint density at radius 1 is 1.40 bits per heavy atom. The number of carbonyl (C=O) groups excluding carboxylic acids is 1. The number of fused-ring (bicyclic) bond motifs is 1. The number of likely N-dealkylation sites (N-methyl/N-ethyl adjacent to an activating group) is 1. The third-order valence-electron chi connectivity index (χ3n) is 4.31. The van der Waals surface area contributed by atoms with E-state index >= 15 is 0 Å². The Bertz CT molecular complexity index is 500. The van der Waals surface area contributed by atoms with Crippen LogP contribution in [0, 0.1) is 0 Å². The second-order valence-electron chi connectivity index (χ2n) is 5.99. The number of nitrogens with one attached hydrogen (secondary N) is 2. The van der Waals surface area contributed by atoms with Gasteiger partial charge in [-0.05, 0) is 62.7 Å². The smallest absolute Gasteiger partial charge is 0.251 e. The maximum absolute atomic E-state index is 12.4. The van der Waals surface area contributed by atoms with Crippen molar-refractivity contribution in [3.63, 3.8) is 0 Å². The summed E-state index contributed by atoms with van der Waals surface area (Å²) in [4.78, 5) is 14.6. The van der Waals surface area contributed by atoms with Gasteiger partial charge in [-0.1, -0.05) is 6.07 Å². The first-order valence-electron chi connectivity index (χ1n) is 7.54. The quantitative estimate of drug-likeness (QED) is 0.850. The van der Waals surface area contributed by atoms with Crippen molar-refractivity contribution >= 4 is 5.91 Å². The number of nitrogens with zero attached hydrogens (tertiary/aromatic N) is 1. The van der Waals surface area contributed by atoms with Crippen LogP contribution in [0.2, 0.25) is 0 Å². The average Bonchev–Trinajstić information content (AvgIpc) is 2.47. The van der Waals surface area contributed by atoms with Crippen LogP contribution in [0.5, 0.6) is 0 Å². The van der Waals surface area contributed by atoms with E-state index in [1.165, 1.54) is 11.1 Å². The number of likely N-dealkylation sites (tertiary alicyclic amines) is 1. The molecule has 1 amide bonds. The molecule has 0 bridgehead atoms. The van der Waals surface area contributed by atoms with E-state index in [0.717, 1.165) is 51.0 Å². The van der Waals surface area contributed by atoms with Crippen molar-refractivity contribution < 1.29 is 4.79 Å². The van der Waals surface area contributed by atoms with Crippen molar-refractivity contribution in [3.05, 3.63) is 34.9 Å². The highest BCUT2D eigenvalue weighted by molar-refractivity contribution is 5.94. The molecule has 1 aromatic rings. The number of rotatable bonds is 2. The Morgan fingerprint density at radius 2 is 2.30 bits per heavy atom. The molecule has 1 fully saturated rings. The highest BCUT2D eigenvalue weighted by Crippen LogP contribution is 2.16. The van der Waals surface area contributed by atoms with Crippen LogP contribution in [0.25, 0.3) is 0 Å². The Balaban J connectivity index is 1.67. The first-order valence-corrected chi connectivity index (χ1v) is 7.54. The SMILES string of the molecule is CN1CCCC(NC(=O)c2ccc3c(c2)CNCC3)C1. The zero-order valence-corrected chi connectivity index (χ0v) is 12.1. The number of piperidine rings is 1. The van der Waals surface area contributed by atoms with Crippen molar-refractivity contribution in [3.8, 4) is 0 Å². The van der Waals surface area contributed by atoms with Gasteiger partial charge in [0, 0.05) is 24.7 Å². The van der Waals surface area contributed by atoms with E-state index in [1.54, 1.807) is 0 Å². The van der Waals surface area contributed by atoms with Gasteiger partial charge in [0.25, 0.3) is 5.91 Å². The monoisotopic (exact) mass is 273 g/mol. The van der Waals surface area contributed by atoms with Gasteiger partial charge in [-0.2, -0.15) is 0 Å². The third-order valence-corrected chi connectivity index (χ3v) is 4.31. The molecule has 0 spiro atoms. The molecule has 0 radical (unpaired) electrons. The van der Waals surface area contributed by atoms with Crippen molar-refractivity contribution in [2.24, 2.45) is 0 Å². The maximum atomic E-state index is 12.4. The number of carbonyl (C=O) groups is 1. The molecular weight excluding hydrogens is 250 g/mol. The fourth-order valence-electron chi connectivity index (χ4n) is 3.17. The van der Waals surface area contributed by atoms with Gasteiger partial charge in [-0.15, -0.1) is 0 Å². The molecule has 4 nitrogen and oxygen atoms in total. The van der Waals surface area contributed by atoms with Gasteiger partial charge in [0.15, 0.2) is 0 Å². The van der Waals surface area contributed by atoms with Crippen molar-refractivity contribution in [1.82, 2.24) is 15.5 Å². The average molecular weight is 273 g/mol. The minimum atomic E-state index is 0.0682. The van der Waals surface area contributed by atoms with Crippen LogP contribution in [0.1, 0.15) is 34.3 Å². The highest BCUT2D eigenvalue weighted by Gasteiger charge is 2.20. The van der Waals surface area contributed by atoms with Crippen LogP contribution < -0.4 is 10.6 Å². The zero-order valence-electron chi connectivity index (χ0n) is 12.1. The van der Waals surface area contributed by atoms with Crippen LogP contribution in [0.15, 0.2) is 18.2 Å². The van der Waals surface area contributed by atoms with Crippen LogP contribution in [0.4, 0.5) is 0 Å². The fraction of sp³-hybridized carbons (Fsp3) is 0.562. The van der Waals surface area contributed by atoms with Gasteiger partial charge in [-0.25, -0.2) is 0 Å². The van der Waals surface area contributed by atoms with Gasteiger partial charge in [0.1, 0.15) is 0 Å². The van der Waals surface area contributed by atoms with E-state index in [0.29, 0.717) is 0 Å². The normalized spacial score (nSPS) is 23.1. The summed E-state index contributed by atoms with van der Waals surface area (Å²) >= 11 is 0. The number of benzene rings is 1. The second-order valence-corrected chi connectivity index (χ2v) is 5.99. The summed E-state index contributed by atoms with van der Waals surface area (Å²) in [5.41, 5.74) is 3.43. The second kappa shape index (κ2) is 5.94. The van der Waals surface area contributed by atoms with Crippen LogP contribution in [-0.4, -0.2) is 43.5 Å². The Morgan fingerprint density at radius 3 is 3.15 bits per heavy atom. The lowest BCUT2D eigenvalue weighted by Gasteiger charge is -2.30. The molecule has 1 saturated heterocycles. The molecule has 4 heteroatoms. The lowest BCUT2D eigenvalue weighted by molar-refractivity contribution is 0.0912. The van der Waals surface area contributed by atoms with E-state index in [2.05, 4.69) is 28.6 Å². The van der Waals surface area contributed by atoms with E-state index in [1.807, 2.05) is 12.1 Å². The highest BCUT2D eigenvalue weighted by atomic mass is 16.1. The summed E-state index contributed by atoms with van der Waals surface area (Å²) in [6.07, 6.45) is 3.31. The molecule has 1 atom stereocenters. The largest absolute Gasteiger partial charge is 0.348 e. The minimum Gasteiger partial charge on any atom is -0.348 e. The Hall–Kier alpha value is -1.39. The Kier molecular flexibility index (Phi) is 4.03. The molecule has 1 unspecified atom stereocenters. The van der Waals surface area contributed by atoms with Crippen molar-refractivity contribution in [2.75, 3.05) is 26.7 Å². The molecule has 2 aliphatic heterocycles. The van der Waals surface area contributed by atoms with Gasteiger partial charge in [-0.3, -0.25) is 4.79 Å². The molecule has 108 valence electrons. The van der Waals surface area contributed by atoms with Crippen molar-refractivity contribution in [2.45, 2.75) is 31.8 Å². The lowest BCUT2D eigenvalue weighted by atomic mass is 9.98. The summed E-state index contributed by atoms with van der Waals surface area (Å²) in [7, 11) is 2.11. The standard InChI is InChI=1S/C16H23N3O/c1-19-8-2-3-15(11-19)18-16(20)13-5-4-12-6-7-17-10-14(12)9-13/h4-5,9,15,17H,2-3,6-8,10-11H2,1H3,(H,18,20). The predicted octanol–water partition coefficient (Wildman–Crippen LogP) is 1.16. The summed E-state index contributed by atoms with van der Waals surface area (Å²) in [5, 5.41) is 6.53. The van der Waals surface area contributed by atoms with E-state index in [9.17, 15) is 4.79 Å². The molecule has 2 heterocycles. The molecule has 0 aliphatic carbocycles. The van der Waals surface area contributed by atoms with Crippen molar-refractivity contribution in [1.29, 1.82) is 0 Å². The summed E-state index contributed by atoms with van der Waals surface area (Å²) in [6, 6.07) is 6.41. The molecule has 1 aromatic carbocycles. The molecule has 2 N–H and O–H groups in total. The molecule has 2 aliphatic rings. The first-order chi connectivity index (χ1) is 9.72. The minimum absolute atomic E-state index is 0.0682. The summed E-state index contributed by atoms with van der Waals surface area (Å²) in [5.74, 6) is 0.0682. The lowest BCUT2D eigenvalue weighted by Crippen LogP contribution is -2.46. The molecule has 3 rings (SSSR count). The number of hydrogen-bond donors (Lipinski definition) is 2. The van der Waals surface area contributed by atoms with E-state index in [4.69, 9.17) is 0 Å². The van der Waals surface area contributed by atoms with Crippen LogP contribution in [0.3, 0.4) is 0 Å². The fourth-order valence-corrected chi connectivity index (χ4v) is 3.17. The molecule has 20 heavy (non-hydrogen) atoms. The van der Waals surface area contributed by atoms with E-state index < -0.39 is 0 Å². The molecule has 0 saturated carbocycles. The first kappa shape index (κ1) is 13.6. The summed E-state index contributed by atoms with van der Waals surface area (Å²) < 4.78 is 0. The zero-order chi connectivity index (χ0) is 13.9. The number of hydrogen-bond acceptors (Lipinski definition) is 3. The topological polar surface area (TPSA) is 44.4 Å². The van der Waals surface area contributed by atoms with Crippen LogP contribution >= 0.6 is 0 Å². The summed E-state index contributed by atoms with van der Waals surface area (Å²) in [6.45, 7) is 4.00. The van der Waals surface area contributed by atoms with Gasteiger partial charge < -0.3 is 15.5 Å². The number of amides is 1. The van der Waals surface area contributed by atoms with Gasteiger partial charge in [0.05, 0.1) is 0 Å². The van der Waals surface area contributed by atoms with Gasteiger partial charge in [0.2, 0.25) is 0 Å². The maximum Gasteiger partial charge on any atom is 0.251 e. The van der Waals surface area contributed by atoms with Crippen LogP contribution in [-0.2, 0) is 13.0 Å². The van der Waals surface area contributed by atoms with E-state index in [-0.39, 0.29) is 11.9 Å². The molecular formula is C16H23N3O. The van der Waals surface area contributed by atoms with Gasteiger partial charge >= 0.3 is 0 Å². The predicted molar refractivity (Wildman–Crippen MR) is 79.8 cm³/mol. The third kappa shape index (κ3) is 3.02. The Labute approximate surface area is 120 Å².